The van der Waals surface area contributed by atoms with Crippen LogP contribution in [0.1, 0.15) is 6.92 Å². The van der Waals surface area contributed by atoms with Gasteiger partial charge in [-0.1, -0.05) is 0 Å². The van der Waals surface area contributed by atoms with E-state index in [2.05, 4.69) is 33.0 Å². The second-order valence-corrected chi connectivity index (χ2v) is 7.03. The highest BCUT2D eigenvalue weighted by Crippen LogP contribution is 2.30. The van der Waals surface area contributed by atoms with Gasteiger partial charge in [0.25, 0.3) is 0 Å². The van der Waals surface area contributed by atoms with E-state index < -0.39 is 0 Å². The van der Waals surface area contributed by atoms with E-state index >= 15 is 0 Å². The SMILES string of the molecule is C[C@@H](O)CNC(P)(P)P. The summed E-state index contributed by atoms with van der Waals surface area (Å²) in [6, 6.07) is 0. The topological polar surface area (TPSA) is 32.3 Å². The van der Waals surface area contributed by atoms with Crippen molar-refractivity contribution in [3.63, 3.8) is 0 Å². The summed E-state index contributed by atoms with van der Waals surface area (Å²) in [5.74, 6) is 0. The van der Waals surface area contributed by atoms with E-state index in [0.29, 0.717) is 6.54 Å². The van der Waals surface area contributed by atoms with Gasteiger partial charge in [-0.3, -0.25) is 5.32 Å². The van der Waals surface area contributed by atoms with Crippen LogP contribution in [-0.4, -0.2) is 22.5 Å². The summed E-state index contributed by atoms with van der Waals surface area (Å²) in [5.41, 5.74) is 0. The second-order valence-electron chi connectivity index (χ2n) is 2.16. The average Bonchev–Trinajstić information content (AvgIpc) is 1.59. The summed E-state index contributed by atoms with van der Waals surface area (Å²) < 4.78 is -0.128. The Morgan fingerprint density at radius 1 is 1.56 bits per heavy atom. The highest BCUT2D eigenvalue weighted by Gasteiger charge is 2.09. The van der Waals surface area contributed by atoms with Gasteiger partial charge in [0.05, 0.1) is 10.9 Å². The molecule has 0 rings (SSSR count). The van der Waals surface area contributed by atoms with Crippen molar-refractivity contribution in [1.29, 1.82) is 0 Å². The Balaban J connectivity index is 3.28. The maximum Gasteiger partial charge on any atom is 0.0637 e. The molecule has 56 valence electrons. The highest BCUT2D eigenvalue weighted by molar-refractivity contribution is 7.57. The van der Waals surface area contributed by atoms with Crippen molar-refractivity contribution in [3.8, 4) is 0 Å². The number of hydrogen-bond acceptors (Lipinski definition) is 2. The molecule has 0 bridgehead atoms. The molecule has 3 unspecified atom stereocenters. The quantitative estimate of drug-likeness (QED) is 0.615. The summed E-state index contributed by atoms with van der Waals surface area (Å²) in [6.45, 7) is 2.36. The first kappa shape index (κ1) is 10.2. The minimum Gasteiger partial charge on any atom is -0.392 e. The van der Waals surface area contributed by atoms with E-state index in [1.807, 2.05) is 0 Å². The fourth-order valence-corrected chi connectivity index (χ4v) is 0.678. The molecular weight excluding hydrogens is 171 g/mol. The Bertz CT molecular complexity index is 80.4. The first-order valence-electron chi connectivity index (χ1n) is 2.71. The third kappa shape index (κ3) is 9.21. The minimum absolute atomic E-state index is 0.128. The Morgan fingerprint density at radius 3 is 2.11 bits per heavy atom. The molecule has 0 aromatic rings. The summed E-state index contributed by atoms with van der Waals surface area (Å²) in [7, 11) is 7.76. The van der Waals surface area contributed by atoms with E-state index in [0.717, 1.165) is 0 Å². The molecule has 2 N–H and O–H groups in total. The van der Waals surface area contributed by atoms with E-state index in [1.165, 1.54) is 0 Å². The fraction of sp³-hybridized carbons (Fsp3) is 1.00. The predicted molar refractivity (Wildman–Crippen MR) is 51.5 cm³/mol. The van der Waals surface area contributed by atoms with Crippen LogP contribution >= 0.6 is 27.7 Å². The van der Waals surface area contributed by atoms with Crippen molar-refractivity contribution in [2.24, 2.45) is 0 Å². The highest BCUT2D eigenvalue weighted by atomic mass is 31.1. The molecular formula is C4H14NOP3. The number of hydrogen-bond donors (Lipinski definition) is 2. The maximum atomic E-state index is 8.83. The normalized spacial score (nSPS) is 15.7. The van der Waals surface area contributed by atoms with Crippen LogP contribution in [-0.2, 0) is 0 Å². The molecule has 4 atom stereocenters. The second kappa shape index (κ2) is 4.16. The van der Waals surface area contributed by atoms with Gasteiger partial charge in [-0.05, 0) is 6.92 Å². The molecule has 0 aliphatic rings. The number of aliphatic hydroxyl groups is 1. The third-order valence-corrected chi connectivity index (χ3v) is 1.32. The molecule has 5 heteroatoms. The largest absolute Gasteiger partial charge is 0.392 e. The van der Waals surface area contributed by atoms with Gasteiger partial charge in [-0.25, -0.2) is 0 Å². The predicted octanol–water partition coefficient (Wildman–Crippen LogP) is 0.193. The van der Waals surface area contributed by atoms with Crippen molar-refractivity contribution in [2.45, 2.75) is 17.8 Å². The van der Waals surface area contributed by atoms with Crippen molar-refractivity contribution < 1.29 is 5.11 Å². The van der Waals surface area contributed by atoms with E-state index in [1.54, 1.807) is 6.92 Å². The summed E-state index contributed by atoms with van der Waals surface area (Å²) in [6.07, 6.45) is -0.286. The van der Waals surface area contributed by atoms with Crippen LogP contribution in [0.15, 0.2) is 0 Å². The van der Waals surface area contributed by atoms with Crippen molar-refractivity contribution in [3.05, 3.63) is 0 Å². The molecule has 0 fully saturated rings. The molecule has 0 aromatic heterocycles. The molecule has 0 amide bonds. The van der Waals surface area contributed by atoms with Gasteiger partial charge in [0.2, 0.25) is 0 Å². The maximum absolute atomic E-state index is 8.83. The van der Waals surface area contributed by atoms with Crippen LogP contribution in [0.25, 0.3) is 0 Å². The third-order valence-electron chi connectivity index (χ3n) is 0.704. The zero-order valence-corrected chi connectivity index (χ0v) is 8.93. The monoisotopic (exact) mass is 185 g/mol. The van der Waals surface area contributed by atoms with Gasteiger partial charge in [0.15, 0.2) is 0 Å². The summed E-state index contributed by atoms with van der Waals surface area (Å²) in [4.78, 5) is 0. The summed E-state index contributed by atoms with van der Waals surface area (Å²) in [5, 5.41) is 11.9. The molecule has 0 aliphatic heterocycles. The lowest BCUT2D eigenvalue weighted by atomic mass is 10.4. The van der Waals surface area contributed by atoms with Gasteiger partial charge in [-0.15, -0.1) is 27.7 Å². The molecule has 2 nitrogen and oxygen atoms in total. The first-order valence-corrected chi connectivity index (χ1v) is 4.45. The molecule has 0 heterocycles. The molecule has 0 radical (unpaired) electrons. The van der Waals surface area contributed by atoms with Crippen LogP contribution in [0, 0.1) is 0 Å². The molecule has 0 aliphatic carbocycles. The van der Waals surface area contributed by atoms with Gasteiger partial charge in [0, 0.05) is 6.54 Å². The standard InChI is InChI=1S/C4H14NOP3/c1-3(6)2-5-4(7,8)9/h3,5-6H,2,7-9H2,1H3/t3-/m1/s1. The molecule has 9 heavy (non-hydrogen) atoms. The number of aliphatic hydroxyl groups excluding tert-OH is 1. The van der Waals surface area contributed by atoms with Gasteiger partial charge < -0.3 is 5.11 Å². The number of rotatable bonds is 3. The van der Waals surface area contributed by atoms with Crippen LogP contribution in [0.5, 0.6) is 0 Å². The van der Waals surface area contributed by atoms with E-state index in [4.69, 9.17) is 5.11 Å². The van der Waals surface area contributed by atoms with Crippen molar-refractivity contribution in [1.82, 2.24) is 5.32 Å². The summed E-state index contributed by atoms with van der Waals surface area (Å²) >= 11 is 0. The Morgan fingerprint density at radius 2 is 2.00 bits per heavy atom. The molecule has 0 aromatic carbocycles. The smallest absolute Gasteiger partial charge is 0.0637 e. The Kier molecular flexibility index (Phi) is 4.72. The van der Waals surface area contributed by atoms with Gasteiger partial charge >= 0.3 is 0 Å². The van der Waals surface area contributed by atoms with Crippen molar-refractivity contribution >= 4 is 27.7 Å². The lowest BCUT2D eigenvalue weighted by Crippen LogP contribution is -2.32. The van der Waals surface area contributed by atoms with E-state index in [9.17, 15) is 0 Å². The van der Waals surface area contributed by atoms with Crippen LogP contribution < -0.4 is 5.32 Å². The first-order chi connectivity index (χ1) is 3.92. The molecule has 0 saturated heterocycles. The average molecular weight is 185 g/mol. The number of nitrogens with one attached hydrogen (secondary N) is 1. The fourth-order valence-electron chi connectivity index (χ4n) is 0.324. The van der Waals surface area contributed by atoms with Crippen LogP contribution in [0.4, 0.5) is 0 Å². The Hall–Kier alpha value is 1.21. The lowest BCUT2D eigenvalue weighted by Gasteiger charge is -2.20. The van der Waals surface area contributed by atoms with Crippen molar-refractivity contribution in [2.75, 3.05) is 6.54 Å². The van der Waals surface area contributed by atoms with E-state index in [-0.39, 0.29) is 10.9 Å². The zero-order valence-electron chi connectivity index (χ0n) is 5.46. The van der Waals surface area contributed by atoms with Crippen LogP contribution in [0.3, 0.4) is 0 Å². The van der Waals surface area contributed by atoms with Crippen LogP contribution in [0.2, 0.25) is 0 Å². The molecule has 0 saturated carbocycles. The molecule has 0 spiro atoms. The zero-order chi connectivity index (χ0) is 7.49. The van der Waals surface area contributed by atoms with Gasteiger partial charge in [-0.2, -0.15) is 0 Å². The Labute approximate surface area is 63.2 Å². The minimum atomic E-state index is -0.286. The lowest BCUT2D eigenvalue weighted by molar-refractivity contribution is 0.192. The van der Waals surface area contributed by atoms with Gasteiger partial charge in [0.1, 0.15) is 0 Å².